The Balaban J connectivity index is 2.74. The van der Waals surface area contributed by atoms with E-state index in [1.807, 2.05) is 0 Å². The molecule has 0 unspecified atom stereocenters. The number of thiophene rings is 1. The van der Waals surface area contributed by atoms with Gasteiger partial charge in [-0.15, -0.1) is 0 Å². The summed E-state index contributed by atoms with van der Waals surface area (Å²) >= 11 is 1.04. The number of rotatable bonds is 1. The predicted molar refractivity (Wildman–Crippen MR) is 50.1 cm³/mol. The maximum atomic E-state index is 12.3. The van der Waals surface area contributed by atoms with Crippen LogP contribution >= 0.6 is 11.3 Å². The number of halogens is 2. The summed E-state index contributed by atoms with van der Waals surface area (Å²) in [6.07, 6.45) is -2.71. The number of fused-ring (bicyclic) bond motifs is 1. The van der Waals surface area contributed by atoms with Gasteiger partial charge in [-0.2, -0.15) is 0 Å². The molecular formula is C9H6F2O2S. The lowest BCUT2D eigenvalue weighted by atomic mass is 10.1. The van der Waals surface area contributed by atoms with E-state index in [0.717, 1.165) is 17.4 Å². The van der Waals surface area contributed by atoms with E-state index in [1.54, 1.807) is 0 Å². The van der Waals surface area contributed by atoms with E-state index in [0.29, 0.717) is 4.70 Å². The Morgan fingerprint density at radius 3 is 2.57 bits per heavy atom. The number of phenols is 1. The second kappa shape index (κ2) is 3.09. The van der Waals surface area contributed by atoms with E-state index in [2.05, 4.69) is 0 Å². The van der Waals surface area contributed by atoms with Crippen LogP contribution in [-0.2, 0) is 0 Å². The number of benzene rings is 1. The highest BCUT2D eigenvalue weighted by molar-refractivity contribution is 7.20. The highest BCUT2D eigenvalue weighted by Crippen LogP contribution is 2.40. The van der Waals surface area contributed by atoms with Crippen molar-refractivity contribution in [3.63, 3.8) is 0 Å². The highest BCUT2D eigenvalue weighted by atomic mass is 32.1. The van der Waals surface area contributed by atoms with E-state index in [1.165, 1.54) is 12.1 Å². The molecule has 0 atom stereocenters. The summed E-state index contributed by atoms with van der Waals surface area (Å²) < 4.78 is 25.3. The fourth-order valence-corrected chi connectivity index (χ4v) is 2.08. The molecular weight excluding hydrogens is 210 g/mol. The maximum Gasteiger partial charge on any atom is 0.267 e. The number of hydrogen-bond acceptors (Lipinski definition) is 3. The average molecular weight is 216 g/mol. The summed E-state index contributed by atoms with van der Waals surface area (Å²) in [5.41, 5.74) is -0.407. The van der Waals surface area contributed by atoms with Crippen LogP contribution in [0.2, 0.25) is 0 Å². The van der Waals surface area contributed by atoms with E-state index >= 15 is 0 Å². The van der Waals surface area contributed by atoms with Gasteiger partial charge < -0.3 is 10.2 Å². The number of aromatic hydroxyl groups is 2. The molecule has 2 nitrogen and oxygen atoms in total. The molecule has 2 rings (SSSR count). The average Bonchev–Trinajstić information content (AvgIpc) is 2.46. The molecule has 1 aromatic heterocycles. The molecule has 0 aliphatic carbocycles. The van der Waals surface area contributed by atoms with E-state index in [4.69, 9.17) is 5.11 Å². The number of phenolic OH excluding ortho intramolecular Hbond substituents is 1. The molecule has 5 heteroatoms. The zero-order valence-electron chi connectivity index (χ0n) is 6.87. The Hall–Kier alpha value is -1.36. The minimum absolute atomic E-state index is 0.00159. The third-order valence-electron chi connectivity index (χ3n) is 1.93. The molecule has 0 spiro atoms. The molecule has 0 aliphatic heterocycles. The smallest absolute Gasteiger partial charge is 0.267 e. The number of hydrogen-bond donors (Lipinski definition) is 2. The minimum atomic E-state index is -2.71. The van der Waals surface area contributed by atoms with Crippen LogP contribution in [0.3, 0.4) is 0 Å². The lowest BCUT2D eigenvalue weighted by Gasteiger charge is -2.03. The van der Waals surface area contributed by atoms with Gasteiger partial charge in [0.25, 0.3) is 6.43 Å². The van der Waals surface area contributed by atoms with Crippen LogP contribution in [0.5, 0.6) is 10.8 Å². The summed E-state index contributed by atoms with van der Waals surface area (Å²) in [4.78, 5) is 0. The van der Waals surface area contributed by atoms with E-state index in [-0.39, 0.29) is 10.4 Å². The lowest BCUT2D eigenvalue weighted by molar-refractivity contribution is 0.148. The van der Waals surface area contributed by atoms with Gasteiger partial charge in [0.05, 0.1) is 5.56 Å². The van der Waals surface area contributed by atoms with Crippen molar-refractivity contribution in [3.8, 4) is 10.8 Å². The first-order chi connectivity index (χ1) is 6.59. The maximum absolute atomic E-state index is 12.3. The molecule has 1 heterocycles. The van der Waals surface area contributed by atoms with Crippen LogP contribution in [0.4, 0.5) is 8.78 Å². The van der Waals surface area contributed by atoms with Crippen LogP contribution in [0.25, 0.3) is 10.1 Å². The van der Waals surface area contributed by atoms with Gasteiger partial charge in [0.1, 0.15) is 5.75 Å². The van der Waals surface area contributed by atoms with Crippen molar-refractivity contribution < 1.29 is 19.0 Å². The van der Waals surface area contributed by atoms with E-state index < -0.39 is 17.7 Å². The third-order valence-corrected chi connectivity index (χ3v) is 2.83. The first-order valence-electron chi connectivity index (χ1n) is 3.82. The zero-order chi connectivity index (χ0) is 10.3. The molecule has 0 aliphatic rings. The fourth-order valence-electron chi connectivity index (χ4n) is 1.28. The molecule has 0 bridgehead atoms. The molecule has 14 heavy (non-hydrogen) atoms. The summed E-state index contributed by atoms with van der Waals surface area (Å²) in [6, 6.07) is 3.90. The Labute approximate surface area is 82.0 Å². The Morgan fingerprint density at radius 2 is 1.93 bits per heavy atom. The molecule has 1 aromatic carbocycles. The largest absolute Gasteiger partial charge is 0.507 e. The first-order valence-corrected chi connectivity index (χ1v) is 4.64. The van der Waals surface area contributed by atoms with Crippen molar-refractivity contribution >= 4 is 21.4 Å². The van der Waals surface area contributed by atoms with Gasteiger partial charge in [0.2, 0.25) is 0 Å². The first kappa shape index (κ1) is 9.21. The van der Waals surface area contributed by atoms with Crippen LogP contribution in [0.15, 0.2) is 18.2 Å². The van der Waals surface area contributed by atoms with Gasteiger partial charge in [-0.1, -0.05) is 11.3 Å². The molecule has 2 aromatic rings. The molecule has 0 saturated carbocycles. The Kier molecular flexibility index (Phi) is 2.03. The van der Waals surface area contributed by atoms with Crippen LogP contribution in [-0.4, -0.2) is 10.2 Å². The van der Waals surface area contributed by atoms with Crippen molar-refractivity contribution in [1.82, 2.24) is 0 Å². The van der Waals surface area contributed by atoms with Gasteiger partial charge >= 0.3 is 0 Å². The molecule has 0 saturated heterocycles. The standard InChI is InChI=1S/C9H6F2O2S/c10-9(11)4-1-2-6-5(8(4)13)3-7(12)14-6/h1-3,9,12-13H. The minimum Gasteiger partial charge on any atom is -0.507 e. The third kappa shape index (κ3) is 1.29. The molecule has 0 fully saturated rings. The fraction of sp³-hybridized carbons (Fsp3) is 0.111. The Bertz CT molecular complexity index is 479. The van der Waals surface area contributed by atoms with Gasteiger partial charge in [0.15, 0.2) is 5.06 Å². The quantitative estimate of drug-likeness (QED) is 0.768. The topological polar surface area (TPSA) is 40.5 Å². The summed E-state index contributed by atoms with van der Waals surface area (Å²) in [7, 11) is 0. The van der Waals surface area contributed by atoms with Crippen molar-refractivity contribution in [2.24, 2.45) is 0 Å². The number of alkyl halides is 2. The van der Waals surface area contributed by atoms with Crippen LogP contribution in [0, 0.1) is 0 Å². The SMILES string of the molecule is Oc1cc2c(O)c(C(F)F)ccc2s1. The molecule has 2 N–H and O–H groups in total. The Morgan fingerprint density at radius 1 is 1.21 bits per heavy atom. The molecule has 74 valence electrons. The van der Waals surface area contributed by atoms with Crippen LogP contribution < -0.4 is 0 Å². The predicted octanol–water partition coefficient (Wildman–Crippen LogP) is 3.25. The van der Waals surface area contributed by atoms with Crippen molar-refractivity contribution in [1.29, 1.82) is 0 Å². The van der Waals surface area contributed by atoms with Gasteiger partial charge in [0, 0.05) is 16.2 Å². The molecule has 0 radical (unpaired) electrons. The van der Waals surface area contributed by atoms with Crippen molar-refractivity contribution in [3.05, 3.63) is 23.8 Å². The van der Waals surface area contributed by atoms with Gasteiger partial charge in [-0.3, -0.25) is 0 Å². The van der Waals surface area contributed by atoms with Crippen LogP contribution in [0.1, 0.15) is 12.0 Å². The second-order valence-electron chi connectivity index (χ2n) is 2.80. The van der Waals surface area contributed by atoms with Gasteiger partial charge in [-0.25, -0.2) is 8.78 Å². The van der Waals surface area contributed by atoms with Crippen molar-refractivity contribution in [2.45, 2.75) is 6.43 Å². The highest BCUT2D eigenvalue weighted by Gasteiger charge is 2.16. The van der Waals surface area contributed by atoms with Gasteiger partial charge in [-0.05, 0) is 12.1 Å². The van der Waals surface area contributed by atoms with E-state index in [9.17, 15) is 13.9 Å². The zero-order valence-corrected chi connectivity index (χ0v) is 7.68. The monoisotopic (exact) mass is 216 g/mol. The lowest BCUT2D eigenvalue weighted by Crippen LogP contribution is -1.84. The normalized spacial score (nSPS) is 11.4. The summed E-state index contributed by atoms with van der Waals surface area (Å²) in [5.74, 6) is -0.450. The summed E-state index contributed by atoms with van der Waals surface area (Å²) in [6.45, 7) is 0. The van der Waals surface area contributed by atoms with Crippen molar-refractivity contribution in [2.75, 3.05) is 0 Å². The second-order valence-corrected chi connectivity index (χ2v) is 3.86. The molecule has 0 amide bonds. The summed E-state index contributed by atoms with van der Waals surface area (Å²) in [5, 5.41) is 18.8.